The predicted octanol–water partition coefficient (Wildman–Crippen LogP) is 1.43. The Labute approximate surface area is 131 Å². The number of hydrogen-bond acceptors (Lipinski definition) is 4. The minimum absolute atomic E-state index is 0.177. The summed E-state index contributed by atoms with van der Waals surface area (Å²) in [5, 5.41) is 0. The topological polar surface area (TPSA) is 61.5 Å². The number of likely N-dealkylation sites (N-methyl/N-ethyl adjacent to an activating group) is 1. The highest BCUT2D eigenvalue weighted by Gasteiger charge is 2.30. The van der Waals surface area contributed by atoms with E-state index in [0.717, 1.165) is 57.9 Å². The SMILES string of the molecule is CN1CCN(C(=O)CCC2CCOCC2)C[C@H]1c1ncc[nH]1. The standard InChI is InChI=1S/C16H26N4O2/c1-19-8-9-20(12-14(19)16-17-6-7-18-16)15(21)3-2-13-4-10-22-11-5-13/h6-7,13-14H,2-5,8-12H2,1H3,(H,17,18)/t14-/m0/s1. The average Bonchev–Trinajstić information content (AvgIpc) is 3.08. The van der Waals surface area contributed by atoms with E-state index in [1.165, 1.54) is 0 Å². The Hall–Kier alpha value is -1.40. The number of hydrogen-bond donors (Lipinski definition) is 1. The fraction of sp³-hybridized carbons (Fsp3) is 0.750. The molecule has 0 saturated carbocycles. The van der Waals surface area contributed by atoms with Gasteiger partial charge in [0.2, 0.25) is 5.91 Å². The first kappa shape index (κ1) is 15.5. The molecule has 1 amide bonds. The van der Waals surface area contributed by atoms with Crippen LogP contribution in [0.25, 0.3) is 0 Å². The summed E-state index contributed by atoms with van der Waals surface area (Å²) in [4.78, 5) is 24.3. The van der Waals surface area contributed by atoms with Gasteiger partial charge in [-0.1, -0.05) is 0 Å². The summed E-state index contributed by atoms with van der Waals surface area (Å²) in [5.41, 5.74) is 0. The first-order valence-electron chi connectivity index (χ1n) is 8.29. The van der Waals surface area contributed by atoms with E-state index in [-0.39, 0.29) is 11.9 Å². The van der Waals surface area contributed by atoms with Crippen molar-refractivity contribution < 1.29 is 9.53 Å². The molecule has 2 aliphatic rings. The molecule has 6 heteroatoms. The minimum Gasteiger partial charge on any atom is -0.381 e. The first-order chi connectivity index (χ1) is 10.7. The molecule has 2 fully saturated rings. The highest BCUT2D eigenvalue weighted by molar-refractivity contribution is 5.76. The predicted molar refractivity (Wildman–Crippen MR) is 83.3 cm³/mol. The molecule has 3 heterocycles. The molecule has 1 aromatic rings. The zero-order valence-corrected chi connectivity index (χ0v) is 13.3. The van der Waals surface area contributed by atoms with Crippen molar-refractivity contribution in [3.63, 3.8) is 0 Å². The molecule has 2 aliphatic heterocycles. The molecule has 1 aromatic heterocycles. The van der Waals surface area contributed by atoms with E-state index in [9.17, 15) is 4.79 Å². The number of nitrogens with one attached hydrogen (secondary N) is 1. The van der Waals surface area contributed by atoms with E-state index >= 15 is 0 Å². The third-order valence-corrected chi connectivity index (χ3v) is 4.94. The van der Waals surface area contributed by atoms with Gasteiger partial charge in [-0.05, 0) is 32.2 Å². The minimum atomic E-state index is 0.177. The molecule has 1 atom stereocenters. The van der Waals surface area contributed by atoms with E-state index in [4.69, 9.17) is 4.74 Å². The lowest BCUT2D eigenvalue weighted by molar-refractivity contribution is -0.134. The Kier molecular flexibility index (Phi) is 5.10. The first-order valence-corrected chi connectivity index (χ1v) is 8.29. The van der Waals surface area contributed by atoms with E-state index < -0.39 is 0 Å². The van der Waals surface area contributed by atoms with Crippen molar-refractivity contribution in [2.75, 3.05) is 39.9 Å². The van der Waals surface area contributed by atoms with Gasteiger partial charge in [-0.3, -0.25) is 9.69 Å². The molecule has 3 rings (SSSR count). The van der Waals surface area contributed by atoms with Crippen LogP contribution in [-0.4, -0.2) is 65.6 Å². The van der Waals surface area contributed by atoms with Gasteiger partial charge in [0.1, 0.15) is 5.82 Å². The van der Waals surface area contributed by atoms with Crippen molar-refractivity contribution >= 4 is 5.91 Å². The van der Waals surface area contributed by atoms with Gasteiger partial charge in [-0.2, -0.15) is 0 Å². The lowest BCUT2D eigenvalue weighted by atomic mass is 9.94. The monoisotopic (exact) mass is 306 g/mol. The van der Waals surface area contributed by atoms with Crippen LogP contribution in [0.3, 0.4) is 0 Å². The van der Waals surface area contributed by atoms with Crippen LogP contribution in [0.5, 0.6) is 0 Å². The van der Waals surface area contributed by atoms with Crippen molar-refractivity contribution in [2.45, 2.75) is 31.7 Å². The van der Waals surface area contributed by atoms with Crippen LogP contribution >= 0.6 is 0 Å². The van der Waals surface area contributed by atoms with Crippen LogP contribution in [0.15, 0.2) is 12.4 Å². The number of H-pyrrole nitrogens is 1. The summed E-state index contributed by atoms with van der Waals surface area (Å²) in [6.07, 6.45) is 7.49. The van der Waals surface area contributed by atoms with Crippen LogP contribution in [0.1, 0.15) is 37.5 Å². The van der Waals surface area contributed by atoms with E-state index in [0.29, 0.717) is 12.3 Å². The third kappa shape index (κ3) is 3.67. The summed E-state index contributed by atoms with van der Waals surface area (Å²) >= 11 is 0. The van der Waals surface area contributed by atoms with Gasteiger partial charge in [0.05, 0.1) is 6.04 Å². The molecule has 1 N–H and O–H groups in total. The van der Waals surface area contributed by atoms with Crippen molar-refractivity contribution in [3.8, 4) is 0 Å². The van der Waals surface area contributed by atoms with E-state index in [1.54, 1.807) is 6.20 Å². The number of aromatic nitrogens is 2. The van der Waals surface area contributed by atoms with Crippen LogP contribution in [0.4, 0.5) is 0 Å². The number of imidazole rings is 1. The molecular formula is C16H26N4O2. The smallest absolute Gasteiger partial charge is 0.222 e. The number of carbonyl (C=O) groups excluding carboxylic acids is 1. The fourth-order valence-electron chi connectivity index (χ4n) is 3.38. The zero-order valence-electron chi connectivity index (χ0n) is 13.3. The lowest BCUT2D eigenvalue weighted by Gasteiger charge is -2.38. The Morgan fingerprint density at radius 3 is 2.95 bits per heavy atom. The van der Waals surface area contributed by atoms with Gasteiger partial charge in [0, 0.05) is 51.7 Å². The van der Waals surface area contributed by atoms with Gasteiger partial charge in [-0.25, -0.2) is 4.98 Å². The van der Waals surface area contributed by atoms with Gasteiger partial charge >= 0.3 is 0 Å². The van der Waals surface area contributed by atoms with Crippen LogP contribution in [-0.2, 0) is 9.53 Å². The second-order valence-corrected chi connectivity index (χ2v) is 6.40. The molecule has 0 radical (unpaired) electrons. The van der Waals surface area contributed by atoms with Crippen LogP contribution < -0.4 is 0 Å². The number of piperazine rings is 1. The van der Waals surface area contributed by atoms with E-state index in [1.807, 2.05) is 11.1 Å². The fourth-order valence-corrected chi connectivity index (χ4v) is 3.38. The molecule has 2 saturated heterocycles. The number of aromatic amines is 1. The maximum Gasteiger partial charge on any atom is 0.222 e. The summed E-state index contributed by atoms with van der Waals surface area (Å²) in [6.45, 7) is 4.16. The summed E-state index contributed by atoms with van der Waals surface area (Å²) in [5.74, 6) is 1.90. The average molecular weight is 306 g/mol. The van der Waals surface area contributed by atoms with Crippen LogP contribution in [0, 0.1) is 5.92 Å². The highest BCUT2D eigenvalue weighted by Crippen LogP contribution is 2.24. The maximum absolute atomic E-state index is 12.5. The molecule has 0 aromatic carbocycles. The molecule has 0 bridgehead atoms. The number of ether oxygens (including phenoxy) is 1. The normalized spacial score (nSPS) is 24.6. The molecule has 6 nitrogen and oxygen atoms in total. The molecule has 122 valence electrons. The zero-order chi connectivity index (χ0) is 15.4. The molecule has 0 aliphatic carbocycles. The quantitative estimate of drug-likeness (QED) is 0.914. The highest BCUT2D eigenvalue weighted by atomic mass is 16.5. The number of amides is 1. The Morgan fingerprint density at radius 2 is 2.23 bits per heavy atom. The lowest BCUT2D eigenvalue weighted by Crippen LogP contribution is -2.49. The second kappa shape index (κ2) is 7.24. The molecular weight excluding hydrogens is 280 g/mol. The molecule has 0 spiro atoms. The van der Waals surface area contributed by atoms with E-state index in [2.05, 4.69) is 21.9 Å². The van der Waals surface area contributed by atoms with Gasteiger partial charge in [0.15, 0.2) is 0 Å². The van der Waals surface area contributed by atoms with Crippen molar-refractivity contribution in [1.29, 1.82) is 0 Å². The number of rotatable bonds is 4. The molecule has 22 heavy (non-hydrogen) atoms. The van der Waals surface area contributed by atoms with Crippen molar-refractivity contribution in [2.24, 2.45) is 5.92 Å². The number of carbonyl (C=O) groups is 1. The van der Waals surface area contributed by atoms with Crippen molar-refractivity contribution in [1.82, 2.24) is 19.8 Å². The summed E-state index contributed by atoms with van der Waals surface area (Å²) in [7, 11) is 2.09. The Morgan fingerprint density at radius 1 is 1.41 bits per heavy atom. The number of nitrogens with zero attached hydrogens (tertiary/aromatic N) is 3. The van der Waals surface area contributed by atoms with Gasteiger partial charge < -0.3 is 14.6 Å². The maximum atomic E-state index is 12.5. The van der Waals surface area contributed by atoms with Crippen molar-refractivity contribution in [3.05, 3.63) is 18.2 Å². The Bertz CT molecular complexity index is 471. The largest absolute Gasteiger partial charge is 0.381 e. The van der Waals surface area contributed by atoms with Crippen LogP contribution in [0.2, 0.25) is 0 Å². The third-order valence-electron chi connectivity index (χ3n) is 4.94. The molecule has 0 unspecified atom stereocenters. The van der Waals surface area contributed by atoms with Gasteiger partial charge in [0.25, 0.3) is 0 Å². The second-order valence-electron chi connectivity index (χ2n) is 6.40. The van der Waals surface area contributed by atoms with Gasteiger partial charge in [-0.15, -0.1) is 0 Å². The summed E-state index contributed by atoms with van der Waals surface area (Å²) in [6, 6.07) is 0.177. The summed E-state index contributed by atoms with van der Waals surface area (Å²) < 4.78 is 5.38. The Balaban J connectivity index is 1.51.